The number of nitrogens with zero attached hydrogens (tertiary/aromatic N) is 1. The van der Waals surface area contributed by atoms with Crippen molar-refractivity contribution in [3.8, 4) is 5.75 Å². The van der Waals surface area contributed by atoms with Crippen molar-refractivity contribution in [2.75, 3.05) is 0 Å². The lowest BCUT2D eigenvalue weighted by atomic mass is 10.1. The van der Waals surface area contributed by atoms with E-state index in [1.54, 1.807) is 30.3 Å². The van der Waals surface area contributed by atoms with Crippen molar-refractivity contribution in [1.29, 1.82) is 0 Å². The van der Waals surface area contributed by atoms with E-state index >= 15 is 0 Å². The topological polar surface area (TPSA) is 88.0 Å². The minimum Gasteiger partial charge on any atom is -0.488 e. The number of aliphatic imine (C=N–C) groups is 1. The number of carbonyl (C=O) groups is 2. The summed E-state index contributed by atoms with van der Waals surface area (Å²) >= 11 is 1.28. The van der Waals surface area contributed by atoms with Crippen LogP contribution in [-0.2, 0) is 11.4 Å². The lowest BCUT2D eigenvalue weighted by molar-refractivity contribution is -0.115. The number of thioether (sulfide) groups is 1. The number of ether oxygens (including phenoxy) is 1. The molecule has 32 heavy (non-hydrogen) atoms. The van der Waals surface area contributed by atoms with E-state index in [1.807, 2.05) is 55.5 Å². The lowest BCUT2D eigenvalue weighted by Crippen LogP contribution is -2.19. The summed E-state index contributed by atoms with van der Waals surface area (Å²) in [7, 11) is 0. The van der Waals surface area contributed by atoms with E-state index in [0.717, 1.165) is 22.4 Å². The number of carbonyl (C=O) groups excluding carboxylic acids is 1. The molecular weight excluding hydrogens is 424 g/mol. The van der Waals surface area contributed by atoms with Crippen LogP contribution in [0.4, 0.5) is 5.69 Å². The van der Waals surface area contributed by atoms with Crippen LogP contribution in [0.2, 0.25) is 0 Å². The van der Waals surface area contributed by atoms with Crippen molar-refractivity contribution in [2.45, 2.75) is 13.5 Å². The van der Waals surface area contributed by atoms with Crippen LogP contribution in [0.3, 0.4) is 0 Å². The molecule has 6 nitrogen and oxygen atoms in total. The third-order valence-electron chi connectivity index (χ3n) is 4.79. The Morgan fingerprint density at radius 2 is 1.78 bits per heavy atom. The molecule has 2 N–H and O–H groups in total. The molecule has 3 aromatic carbocycles. The van der Waals surface area contributed by atoms with Crippen LogP contribution < -0.4 is 10.1 Å². The molecule has 1 fully saturated rings. The molecule has 0 saturated carbocycles. The number of aromatic carboxylic acids is 1. The Hall–Kier alpha value is -3.84. The van der Waals surface area contributed by atoms with Gasteiger partial charge in [-0.2, -0.15) is 0 Å². The van der Waals surface area contributed by atoms with Gasteiger partial charge in [0.25, 0.3) is 5.91 Å². The molecule has 1 aliphatic rings. The minimum absolute atomic E-state index is 0.207. The summed E-state index contributed by atoms with van der Waals surface area (Å²) in [5.74, 6) is -0.548. The number of carboxylic acid groups (broad SMARTS) is 1. The molecule has 0 atom stereocenters. The van der Waals surface area contributed by atoms with E-state index in [0.29, 0.717) is 15.8 Å². The van der Waals surface area contributed by atoms with Crippen molar-refractivity contribution in [1.82, 2.24) is 5.32 Å². The van der Waals surface area contributed by atoms with Crippen LogP contribution in [0, 0.1) is 6.92 Å². The highest BCUT2D eigenvalue weighted by atomic mass is 32.2. The quantitative estimate of drug-likeness (QED) is 0.513. The second-order valence-corrected chi connectivity index (χ2v) is 8.13. The standard InChI is InChI=1S/C25H20N2O4S/c1-16-6-2-4-8-20(16)26-25-27-23(28)22(32-25)14-19-7-3-5-9-21(19)31-15-17-10-12-18(13-11-17)24(29)30/h2-14H,15H2,1H3,(H,29,30)(H,26,27,28)/b22-14-. The SMILES string of the molecule is Cc1ccccc1N=C1NC(=O)/C(=C/c2ccccc2OCc2ccc(C(=O)O)cc2)S1. The van der Waals surface area contributed by atoms with Gasteiger partial charge in [-0.15, -0.1) is 0 Å². The fraction of sp³-hybridized carbons (Fsp3) is 0.0800. The van der Waals surface area contributed by atoms with E-state index in [-0.39, 0.29) is 18.1 Å². The Labute approximate surface area is 189 Å². The zero-order valence-corrected chi connectivity index (χ0v) is 18.1. The summed E-state index contributed by atoms with van der Waals surface area (Å²) in [5.41, 5.74) is 3.69. The van der Waals surface area contributed by atoms with Crippen molar-refractivity contribution in [3.05, 3.63) is 100.0 Å². The molecule has 4 rings (SSSR count). The van der Waals surface area contributed by atoms with Gasteiger partial charge in [-0.25, -0.2) is 9.79 Å². The van der Waals surface area contributed by atoms with Gasteiger partial charge in [0, 0.05) is 5.56 Å². The van der Waals surface area contributed by atoms with Crippen molar-refractivity contribution >= 4 is 40.6 Å². The third kappa shape index (κ3) is 5.07. The maximum Gasteiger partial charge on any atom is 0.335 e. The number of amides is 1. The number of amidine groups is 1. The first-order chi connectivity index (χ1) is 15.5. The predicted molar refractivity (Wildman–Crippen MR) is 126 cm³/mol. The molecule has 0 spiro atoms. The maximum absolute atomic E-state index is 12.5. The van der Waals surface area contributed by atoms with E-state index in [1.165, 1.54) is 11.8 Å². The molecule has 1 heterocycles. The molecule has 0 unspecified atom stereocenters. The summed E-state index contributed by atoms with van der Waals surface area (Å²) in [6.45, 7) is 2.25. The zero-order valence-electron chi connectivity index (χ0n) is 17.2. The normalized spacial score (nSPS) is 15.7. The first-order valence-electron chi connectivity index (χ1n) is 9.89. The first kappa shape index (κ1) is 21.4. The molecule has 0 radical (unpaired) electrons. The predicted octanol–water partition coefficient (Wildman–Crippen LogP) is 5.16. The van der Waals surface area contributed by atoms with E-state index in [2.05, 4.69) is 10.3 Å². The molecule has 1 amide bonds. The van der Waals surface area contributed by atoms with Gasteiger partial charge >= 0.3 is 5.97 Å². The largest absolute Gasteiger partial charge is 0.488 e. The van der Waals surface area contributed by atoms with Gasteiger partial charge in [-0.1, -0.05) is 48.5 Å². The first-order valence-corrected chi connectivity index (χ1v) is 10.7. The molecule has 0 aliphatic carbocycles. The van der Waals surface area contributed by atoms with Gasteiger partial charge in [-0.3, -0.25) is 4.79 Å². The Morgan fingerprint density at radius 1 is 1.06 bits per heavy atom. The molecular formula is C25H20N2O4S. The van der Waals surface area contributed by atoms with Crippen LogP contribution in [0.15, 0.2) is 82.7 Å². The number of nitrogens with one attached hydrogen (secondary N) is 1. The summed E-state index contributed by atoms with van der Waals surface area (Å²) in [6.07, 6.45) is 1.78. The molecule has 0 aromatic heterocycles. The number of hydrogen-bond donors (Lipinski definition) is 2. The van der Waals surface area contributed by atoms with E-state index < -0.39 is 5.97 Å². The Morgan fingerprint density at radius 3 is 2.53 bits per heavy atom. The Bertz CT molecular complexity index is 1230. The lowest BCUT2D eigenvalue weighted by Gasteiger charge is -2.10. The van der Waals surface area contributed by atoms with Gasteiger partial charge in [0.1, 0.15) is 12.4 Å². The monoisotopic (exact) mass is 444 g/mol. The second-order valence-electron chi connectivity index (χ2n) is 7.10. The van der Waals surface area contributed by atoms with Crippen molar-refractivity contribution in [3.63, 3.8) is 0 Å². The summed E-state index contributed by atoms with van der Waals surface area (Å²) < 4.78 is 5.94. The maximum atomic E-state index is 12.5. The molecule has 0 bridgehead atoms. The summed E-state index contributed by atoms with van der Waals surface area (Å²) in [4.78, 5) is 28.5. The average Bonchev–Trinajstić information content (AvgIpc) is 3.13. The number of para-hydroxylation sites is 2. The van der Waals surface area contributed by atoms with E-state index in [4.69, 9.17) is 9.84 Å². The summed E-state index contributed by atoms with van der Waals surface area (Å²) in [5, 5.41) is 12.4. The highest BCUT2D eigenvalue weighted by molar-refractivity contribution is 8.18. The Balaban J connectivity index is 1.50. The van der Waals surface area contributed by atoms with Gasteiger partial charge in [-0.05, 0) is 60.2 Å². The Kier molecular flexibility index (Phi) is 6.37. The minimum atomic E-state index is -0.966. The van der Waals surface area contributed by atoms with Crippen LogP contribution in [0.5, 0.6) is 5.75 Å². The zero-order chi connectivity index (χ0) is 22.5. The van der Waals surface area contributed by atoms with Gasteiger partial charge < -0.3 is 15.2 Å². The molecule has 160 valence electrons. The van der Waals surface area contributed by atoms with Crippen molar-refractivity contribution in [2.24, 2.45) is 4.99 Å². The third-order valence-corrected chi connectivity index (χ3v) is 5.70. The molecule has 7 heteroatoms. The fourth-order valence-electron chi connectivity index (χ4n) is 3.06. The van der Waals surface area contributed by atoms with Gasteiger partial charge in [0.15, 0.2) is 5.17 Å². The number of hydrogen-bond acceptors (Lipinski definition) is 5. The molecule has 1 aliphatic heterocycles. The van der Waals surface area contributed by atoms with Crippen LogP contribution >= 0.6 is 11.8 Å². The second kappa shape index (κ2) is 9.53. The number of aryl methyl sites for hydroxylation is 1. The number of rotatable bonds is 6. The van der Waals surface area contributed by atoms with Crippen LogP contribution in [-0.4, -0.2) is 22.2 Å². The smallest absolute Gasteiger partial charge is 0.335 e. The van der Waals surface area contributed by atoms with Crippen molar-refractivity contribution < 1.29 is 19.4 Å². The highest BCUT2D eigenvalue weighted by Crippen LogP contribution is 2.31. The van der Waals surface area contributed by atoms with E-state index in [9.17, 15) is 9.59 Å². The van der Waals surface area contributed by atoms with Gasteiger partial charge in [0.2, 0.25) is 0 Å². The molecule has 3 aromatic rings. The average molecular weight is 445 g/mol. The highest BCUT2D eigenvalue weighted by Gasteiger charge is 2.24. The number of carboxylic acids is 1. The van der Waals surface area contributed by atoms with Crippen LogP contribution in [0.1, 0.15) is 27.0 Å². The van der Waals surface area contributed by atoms with Gasteiger partial charge in [0.05, 0.1) is 16.2 Å². The molecule has 1 saturated heterocycles. The fourth-order valence-corrected chi connectivity index (χ4v) is 3.88. The van der Waals surface area contributed by atoms with Crippen LogP contribution in [0.25, 0.3) is 6.08 Å². The number of benzene rings is 3. The summed E-state index contributed by atoms with van der Waals surface area (Å²) in [6, 6.07) is 21.7.